The molecule has 0 spiro atoms. The molecule has 1 aliphatic rings. The van der Waals surface area contributed by atoms with Crippen molar-refractivity contribution in [1.82, 2.24) is 0 Å². The van der Waals surface area contributed by atoms with Crippen LogP contribution in [-0.2, 0) is 9.53 Å². The van der Waals surface area contributed by atoms with E-state index in [1.165, 1.54) is 19.2 Å². The Balaban J connectivity index is 2.04. The molecule has 104 valence electrons. The molecule has 19 heavy (non-hydrogen) atoms. The first-order valence-electron chi connectivity index (χ1n) is 6.25. The van der Waals surface area contributed by atoms with Gasteiger partial charge >= 0.3 is 5.97 Å². The molecule has 1 fully saturated rings. The lowest BCUT2D eigenvalue weighted by Gasteiger charge is -2.21. The third-order valence-corrected chi connectivity index (χ3v) is 3.53. The maximum Gasteiger partial charge on any atom is 0.325 e. The third kappa shape index (κ3) is 2.87. The molecule has 0 saturated heterocycles. The molecule has 1 aliphatic carbocycles. The number of nitrogens with two attached hydrogens (primary N) is 1. The number of hydrogen-bond donors (Lipinski definition) is 1. The van der Waals surface area contributed by atoms with Crippen LogP contribution in [-0.4, -0.2) is 24.7 Å². The highest BCUT2D eigenvalue weighted by molar-refractivity contribution is 5.80. The molecular weight excluding hydrogens is 249 g/mol. The van der Waals surface area contributed by atoms with Crippen molar-refractivity contribution in [1.29, 1.82) is 0 Å². The van der Waals surface area contributed by atoms with Gasteiger partial charge in [0, 0.05) is 6.42 Å². The van der Waals surface area contributed by atoms with E-state index in [1.807, 2.05) is 0 Å². The Morgan fingerprint density at radius 3 is 2.89 bits per heavy atom. The Morgan fingerprint density at radius 2 is 2.26 bits per heavy atom. The fourth-order valence-corrected chi connectivity index (χ4v) is 2.44. The first kappa shape index (κ1) is 13.8. The molecule has 2 atom stereocenters. The van der Waals surface area contributed by atoms with Crippen molar-refractivity contribution in [3.63, 3.8) is 0 Å². The number of rotatable bonds is 3. The van der Waals surface area contributed by atoms with Crippen LogP contribution in [0, 0.1) is 12.7 Å². The molecule has 5 heteroatoms. The maximum absolute atomic E-state index is 13.0. The predicted octanol–water partition coefficient (Wildman–Crippen LogP) is 1.94. The van der Waals surface area contributed by atoms with Gasteiger partial charge in [-0.05, 0) is 43.5 Å². The van der Waals surface area contributed by atoms with Crippen molar-refractivity contribution in [3.05, 3.63) is 29.6 Å². The number of hydrogen-bond acceptors (Lipinski definition) is 4. The van der Waals surface area contributed by atoms with Gasteiger partial charge in [0.05, 0.1) is 7.11 Å². The normalized spacial score (nSPS) is 26.2. The Bertz CT molecular complexity index is 492. The second-order valence-corrected chi connectivity index (χ2v) is 5.04. The van der Waals surface area contributed by atoms with Crippen LogP contribution >= 0.6 is 0 Å². The minimum absolute atomic E-state index is 0.145. The van der Waals surface area contributed by atoms with Crippen LogP contribution in [0.1, 0.15) is 24.8 Å². The average Bonchev–Trinajstić information content (AvgIpc) is 2.75. The first-order chi connectivity index (χ1) is 8.94. The average molecular weight is 267 g/mol. The van der Waals surface area contributed by atoms with Gasteiger partial charge in [0.1, 0.15) is 23.2 Å². The SMILES string of the molecule is COC(=O)C1(N)CCC(Oc2ccc(F)cc2C)C1. The van der Waals surface area contributed by atoms with Gasteiger partial charge in [0.15, 0.2) is 0 Å². The molecule has 1 aromatic carbocycles. The van der Waals surface area contributed by atoms with E-state index in [2.05, 4.69) is 0 Å². The lowest BCUT2D eigenvalue weighted by molar-refractivity contribution is -0.147. The lowest BCUT2D eigenvalue weighted by Crippen LogP contribution is -2.47. The lowest BCUT2D eigenvalue weighted by atomic mass is 10.00. The standard InChI is InChI=1S/C14H18FNO3/c1-9-7-10(15)3-4-12(9)19-11-5-6-14(16,8-11)13(17)18-2/h3-4,7,11H,5-6,8,16H2,1-2H3. The highest BCUT2D eigenvalue weighted by Crippen LogP contribution is 2.32. The summed E-state index contributed by atoms with van der Waals surface area (Å²) in [4.78, 5) is 11.6. The molecule has 1 saturated carbocycles. The molecule has 0 bridgehead atoms. The molecule has 2 N–H and O–H groups in total. The summed E-state index contributed by atoms with van der Waals surface area (Å²) in [6.45, 7) is 1.78. The molecule has 4 nitrogen and oxygen atoms in total. The largest absolute Gasteiger partial charge is 0.490 e. The van der Waals surface area contributed by atoms with Gasteiger partial charge in [-0.2, -0.15) is 0 Å². The zero-order valence-electron chi connectivity index (χ0n) is 11.1. The quantitative estimate of drug-likeness (QED) is 0.850. The van der Waals surface area contributed by atoms with Gasteiger partial charge < -0.3 is 15.2 Å². The van der Waals surface area contributed by atoms with Crippen LogP contribution in [0.5, 0.6) is 5.75 Å². The Kier molecular flexibility index (Phi) is 3.75. The highest BCUT2D eigenvalue weighted by atomic mass is 19.1. The summed E-state index contributed by atoms with van der Waals surface area (Å²) in [6.07, 6.45) is 1.48. The van der Waals surface area contributed by atoms with Crippen LogP contribution < -0.4 is 10.5 Å². The monoisotopic (exact) mass is 267 g/mol. The molecular formula is C14H18FNO3. The minimum Gasteiger partial charge on any atom is -0.490 e. The van der Waals surface area contributed by atoms with E-state index in [4.69, 9.17) is 15.2 Å². The molecule has 0 amide bonds. The van der Waals surface area contributed by atoms with Crippen LogP contribution in [0.25, 0.3) is 0 Å². The van der Waals surface area contributed by atoms with Crippen LogP contribution in [0.3, 0.4) is 0 Å². The molecule has 0 radical (unpaired) electrons. The van der Waals surface area contributed by atoms with Crippen molar-refractivity contribution in [2.45, 2.75) is 37.8 Å². The summed E-state index contributed by atoms with van der Waals surface area (Å²) in [6, 6.07) is 4.37. The Hall–Kier alpha value is -1.62. The summed E-state index contributed by atoms with van der Waals surface area (Å²) in [5.74, 6) is -0.0750. The number of carbonyl (C=O) groups is 1. The second-order valence-electron chi connectivity index (χ2n) is 5.04. The Morgan fingerprint density at radius 1 is 1.53 bits per heavy atom. The summed E-state index contributed by atoms with van der Waals surface area (Å²) in [5, 5.41) is 0. The highest BCUT2D eigenvalue weighted by Gasteiger charge is 2.44. The molecule has 2 rings (SSSR count). The van der Waals surface area contributed by atoms with Gasteiger partial charge in [0.2, 0.25) is 0 Å². The number of ether oxygens (including phenoxy) is 2. The van der Waals surface area contributed by atoms with Crippen molar-refractivity contribution in [3.8, 4) is 5.75 Å². The van der Waals surface area contributed by atoms with Crippen molar-refractivity contribution in [2.75, 3.05) is 7.11 Å². The molecule has 0 heterocycles. The predicted molar refractivity (Wildman–Crippen MR) is 68.3 cm³/mol. The van der Waals surface area contributed by atoms with Gasteiger partial charge in [-0.1, -0.05) is 0 Å². The molecule has 0 aliphatic heterocycles. The topological polar surface area (TPSA) is 61.5 Å². The number of carbonyl (C=O) groups excluding carboxylic acids is 1. The van der Waals surface area contributed by atoms with E-state index < -0.39 is 11.5 Å². The molecule has 1 aromatic rings. The van der Waals surface area contributed by atoms with E-state index in [-0.39, 0.29) is 11.9 Å². The Labute approximate surface area is 111 Å². The van der Waals surface area contributed by atoms with Gasteiger partial charge in [-0.3, -0.25) is 4.79 Å². The van der Waals surface area contributed by atoms with E-state index in [0.717, 1.165) is 5.56 Å². The minimum atomic E-state index is -0.965. The van der Waals surface area contributed by atoms with E-state index in [1.54, 1.807) is 13.0 Å². The zero-order chi connectivity index (χ0) is 14.0. The fourth-order valence-electron chi connectivity index (χ4n) is 2.44. The molecule has 2 unspecified atom stereocenters. The van der Waals surface area contributed by atoms with Gasteiger partial charge in [-0.15, -0.1) is 0 Å². The number of aryl methyl sites for hydroxylation is 1. The van der Waals surface area contributed by atoms with E-state index in [0.29, 0.717) is 25.0 Å². The summed E-state index contributed by atoms with van der Waals surface area (Å²) in [5.41, 5.74) is 5.77. The number of halogens is 1. The summed E-state index contributed by atoms with van der Waals surface area (Å²) >= 11 is 0. The maximum atomic E-state index is 13.0. The third-order valence-electron chi connectivity index (χ3n) is 3.53. The second kappa shape index (κ2) is 5.17. The van der Waals surface area contributed by atoms with Crippen molar-refractivity contribution >= 4 is 5.97 Å². The summed E-state index contributed by atoms with van der Waals surface area (Å²) in [7, 11) is 1.33. The van der Waals surface area contributed by atoms with Crippen molar-refractivity contribution in [2.24, 2.45) is 5.73 Å². The fraction of sp³-hybridized carbons (Fsp3) is 0.500. The van der Waals surface area contributed by atoms with Crippen LogP contribution in [0.4, 0.5) is 4.39 Å². The van der Waals surface area contributed by atoms with Gasteiger partial charge in [0.25, 0.3) is 0 Å². The van der Waals surface area contributed by atoms with Crippen molar-refractivity contribution < 1.29 is 18.7 Å². The smallest absolute Gasteiger partial charge is 0.325 e. The van der Waals surface area contributed by atoms with E-state index >= 15 is 0 Å². The zero-order valence-corrected chi connectivity index (χ0v) is 11.1. The van der Waals surface area contributed by atoms with Crippen LogP contribution in [0.2, 0.25) is 0 Å². The first-order valence-corrected chi connectivity index (χ1v) is 6.25. The number of methoxy groups -OCH3 is 1. The number of esters is 1. The number of benzene rings is 1. The van der Waals surface area contributed by atoms with Crippen LogP contribution in [0.15, 0.2) is 18.2 Å². The summed E-state index contributed by atoms with van der Waals surface area (Å²) < 4.78 is 23.5. The van der Waals surface area contributed by atoms with E-state index in [9.17, 15) is 9.18 Å². The molecule has 0 aromatic heterocycles. The van der Waals surface area contributed by atoms with Gasteiger partial charge in [-0.25, -0.2) is 4.39 Å².